The molecule has 0 amide bonds. The second kappa shape index (κ2) is 17.7. The number of unbranched alkanes of at least 4 members (excludes halogenated alkanes) is 13. The van der Waals surface area contributed by atoms with Crippen LogP contribution in [0.4, 0.5) is 0 Å². The molecule has 0 aliphatic rings. The Morgan fingerprint density at radius 1 is 0.579 bits per heavy atom. The van der Waals surface area contributed by atoms with Crippen molar-refractivity contribution in [3.63, 3.8) is 0 Å². The number of hydrogen-bond donors (Lipinski definition) is 1. The Kier molecular flexibility index (Phi) is 17.4. The largest absolute Gasteiger partial charge is 0.392 e. The van der Waals surface area contributed by atoms with Crippen molar-refractivity contribution in [3.05, 3.63) is 12.2 Å². The predicted molar refractivity (Wildman–Crippen MR) is 86.5 cm³/mol. The molecule has 1 heteroatoms. The van der Waals surface area contributed by atoms with E-state index in [2.05, 4.69) is 13.0 Å². The maximum atomic E-state index is 8.58. The second-order valence-corrected chi connectivity index (χ2v) is 5.69. The topological polar surface area (TPSA) is 20.2 Å². The quantitative estimate of drug-likeness (QED) is 0.284. The van der Waals surface area contributed by atoms with Gasteiger partial charge >= 0.3 is 0 Å². The number of allylic oxidation sites excluding steroid dienone is 1. The van der Waals surface area contributed by atoms with Crippen molar-refractivity contribution in [2.45, 2.75) is 96.8 Å². The van der Waals surface area contributed by atoms with Crippen LogP contribution < -0.4 is 0 Å². The lowest BCUT2D eigenvalue weighted by Gasteiger charge is -2.02. The van der Waals surface area contributed by atoms with Crippen molar-refractivity contribution in [3.8, 4) is 0 Å². The van der Waals surface area contributed by atoms with Crippen LogP contribution in [0.15, 0.2) is 12.2 Å². The minimum atomic E-state index is 0.193. The molecule has 0 rings (SSSR count). The van der Waals surface area contributed by atoms with Crippen LogP contribution in [0.5, 0.6) is 0 Å². The molecule has 0 saturated carbocycles. The number of hydrogen-bond acceptors (Lipinski definition) is 1. The van der Waals surface area contributed by atoms with E-state index in [0.29, 0.717) is 0 Å². The molecule has 0 aromatic carbocycles. The molecule has 0 atom stereocenters. The highest BCUT2D eigenvalue weighted by molar-refractivity contribution is 4.80. The molecule has 114 valence electrons. The Bertz CT molecular complexity index is 175. The van der Waals surface area contributed by atoms with Crippen LogP contribution in [0.1, 0.15) is 96.8 Å². The lowest BCUT2D eigenvalue weighted by atomic mass is 10.0. The molecule has 0 unspecified atom stereocenters. The number of aliphatic hydroxyl groups excluding tert-OH is 1. The van der Waals surface area contributed by atoms with Gasteiger partial charge in [-0.05, 0) is 12.8 Å². The molecule has 1 nitrogen and oxygen atoms in total. The molecule has 0 radical (unpaired) electrons. The van der Waals surface area contributed by atoms with Gasteiger partial charge in [0.05, 0.1) is 6.61 Å². The van der Waals surface area contributed by atoms with Crippen molar-refractivity contribution in [2.75, 3.05) is 6.61 Å². The standard InChI is InChI=1S/C18H36O/c1-2-3-4-5-6-7-8-9-10-11-12-13-14-15-16-17-18-19/h16-17,19H,2-15,18H2,1H3/b17-16-. The van der Waals surface area contributed by atoms with Gasteiger partial charge in [-0.25, -0.2) is 0 Å². The lowest BCUT2D eigenvalue weighted by Crippen LogP contribution is -1.82. The highest BCUT2D eigenvalue weighted by Crippen LogP contribution is 2.12. The third kappa shape index (κ3) is 17.7. The third-order valence-electron chi connectivity index (χ3n) is 3.75. The Morgan fingerprint density at radius 3 is 1.42 bits per heavy atom. The van der Waals surface area contributed by atoms with Crippen LogP contribution >= 0.6 is 0 Å². The molecule has 0 fully saturated rings. The van der Waals surface area contributed by atoms with Crippen molar-refractivity contribution in [1.29, 1.82) is 0 Å². The van der Waals surface area contributed by atoms with E-state index in [4.69, 9.17) is 5.11 Å². The average Bonchev–Trinajstić information content (AvgIpc) is 2.43. The molecular weight excluding hydrogens is 232 g/mol. The molecule has 0 aliphatic heterocycles. The monoisotopic (exact) mass is 268 g/mol. The molecule has 0 aliphatic carbocycles. The molecule has 0 saturated heterocycles. The summed E-state index contributed by atoms with van der Waals surface area (Å²) in [6, 6.07) is 0. The van der Waals surface area contributed by atoms with E-state index in [9.17, 15) is 0 Å². The highest BCUT2D eigenvalue weighted by atomic mass is 16.2. The van der Waals surface area contributed by atoms with E-state index >= 15 is 0 Å². The van der Waals surface area contributed by atoms with Crippen LogP contribution in [-0.2, 0) is 0 Å². The number of rotatable bonds is 15. The molecule has 0 spiro atoms. The Labute approximate surface area is 121 Å². The summed E-state index contributed by atoms with van der Waals surface area (Å²) in [4.78, 5) is 0. The summed E-state index contributed by atoms with van der Waals surface area (Å²) in [5.74, 6) is 0. The summed E-state index contributed by atoms with van der Waals surface area (Å²) in [5, 5.41) is 8.58. The van der Waals surface area contributed by atoms with Gasteiger partial charge in [-0.2, -0.15) is 0 Å². The zero-order valence-corrected chi connectivity index (χ0v) is 13.2. The third-order valence-corrected chi connectivity index (χ3v) is 3.75. The van der Waals surface area contributed by atoms with Crippen LogP contribution in [0.2, 0.25) is 0 Å². The molecule has 1 N–H and O–H groups in total. The Hall–Kier alpha value is -0.300. The lowest BCUT2D eigenvalue weighted by molar-refractivity contribution is 0.342. The maximum absolute atomic E-state index is 8.58. The molecule has 0 aromatic rings. The van der Waals surface area contributed by atoms with Crippen molar-refractivity contribution < 1.29 is 5.11 Å². The summed E-state index contributed by atoms with van der Waals surface area (Å²) < 4.78 is 0. The van der Waals surface area contributed by atoms with Crippen molar-refractivity contribution >= 4 is 0 Å². The SMILES string of the molecule is CCCCCCCCCCCCCCC/C=C\CO. The molecular formula is C18H36O. The summed E-state index contributed by atoms with van der Waals surface area (Å²) in [6.07, 6.45) is 23.4. The van der Waals surface area contributed by atoms with Gasteiger partial charge in [0, 0.05) is 0 Å². The first-order chi connectivity index (χ1) is 9.41. The van der Waals surface area contributed by atoms with Gasteiger partial charge in [-0.15, -0.1) is 0 Å². The first-order valence-electron chi connectivity index (χ1n) is 8.67. The second-order valence-electron chi connectivity index (χ2n) is 5.69. The molecule has 19 heavy (non-hydrogen) atoms. The van der Waals surface area contributed by atoms with E-state index in [0.717, 1.165) is 6.42 Å². The first-order valence-corrected chi connectivity index (χ1v) is 8.67. The summed E-state index contributed by atoms with van der Waals surface area (Å²) in [5.41, 5.74) is 0. The summed E-state index contributed by atoms with van der Waals surface area (Å²) in [7, 11) is 0. The first kappa shape index (κ1) is 18.7. The molecule has 0 aromatic heterocycles. The number of aliphatic hydroxyl groups is 1. The van der Waals surface area contributed by atoms with Gasteiger partial charge in [0.15, 0.2) is 0 Å². The van der Waals surface area contributed by atoms with Crippen LogP contribution in [0, 0.1) is 0 Å². The maximum Gasteiger partial charge on any atom is 0.0612 e. The Morgan fingerprint density at radius 2 is 1.00 bits per heavy atom. The highest BCUT2D eigenvalue weighted by Gasteiger charge is 1.93. The fraction of sp³-hybridized carbons (Fsp3) is 0.889. The van der Waals surface area contributed by atoms with Gasteiger partial charge in [0.1, 0.15) is 0 Å². The van der Waals surface area contributed by atoms with Crippen LogP contribution in [0.25, 0.3) is 0 Å². The zero-order chi connectivity index (χ0) is 14.0. The fourth-order valence-corrected chi connectivity index (χ4v) is 2.47. The van der Waals surface area contributed by atoms with E-state index in [-0.39, 0.29) is 6.61 Å². The van der Waals surface area contributed by atoms with E-state index in [1.54, 1.807) is 0 Å². The van der Waals surface area contributed by atoms with Gasteiger partial charge in [-0.1, -0.05) is 96.1 Å². The minimum Gasteiger partial charge on any atom is -0.392 e. The summed E-state index contributed by atoms with van der Waals surface area (Å²) in [6.45, 7) is 2.47. The van der Waals surface area contributed by atoms with Gasteiger partial charge in [0.2, 0.25) is 0 Å². The fourth-order valence-electron chi connectivity index (χ4n) is 2.47. The summed E-state index contributed by atoms with van der Waals surface area (Å²) >= 11 is 0. The van der Waals surface area contributed by atoms with Crippen LogP contribution in [-0.4, -0.2) is 11.7 Å². The Balaban J connectivity index is 2.93. The molecule has 0 bridgehead atoms. The van der Waals surface area contributed by atoms with E-state index < -0.39 is 0 Å². The van der Waals surface area contributed by atoms with Crippen molar-refractivity contribution in [2.24, 2.45) is 0 Å². The zero-order valence-electron chi connectivity index (χ0n) is 13.2. The predicted octanol–water partition coefficient (Wildman–Crippen LogP) is 6.02. The molecule has 0 heterocycles. The van der Waals surface area contributed by atoms with E-state index in [1.807, 2.05) is 6.08 Å². The normalized spacial score (nSPS) is 11.5. The van der Waals surface area contributed by atoms with Gasteiger partial charge < -0.3 is 5.11 Å². The van der Waals surface area contributed by atoms with Crippen LogP contribution in [0.3, 0.4) is 0 Å². The van der Waals surface area contributed by atoms with Crippen molar-refractivity contribution in [1.82, 2.24) is 0 Å². The van der Waals surface area contributed by atoms with Gasteiger partial charge in [-0.3, -0.25) is 0 Å². The van der Waals surface area contributed by atoms with E-state index in [1.165, 1.54) is 83.5 Å². The van der Waals surface area contributed by atoms with Gasteiger partial charge in [0.25, 0.3) is 0 Å². The average molecular weight is 268 g/mol. The minimum absolute atomic E-state index is 0.193. The smallest absolute Gasteiger partial charge is 0.0612 e.